The Bertz CT molecular complexity index is 924. The van der Waals surface area contributed by atoms with Gasteiger partial charge in [-0.1, -0.05) is 52.1 Å². The van der Waals surface area contributed by atoms with Crippen molar-refractivity contribution in [1.29, 1.82) is 0 Å². The van der Waals surface area contributed by atoms with Crippen LogP contribution in [0.4, 0.5) is 4.39 Å². The summed E-state index contributed by atoms with van der Waals surface area (Å²) in [7, 11) is 1.27. The number of benzene rings is 1. The average Bonchev–Trinajstić information content (AvgIpc) is 3.03. The molecular weight excluding hydrogens is 373 g/mol. The zero-order valence-electron chi connectivity index (χ0n) is 17.2. The van der Waals surface area contributed by atoms with E-state index in [1.165, 1.54) is 25.3 Å². The average molecular weight is 399 g/mol. The lowest BCUT2D eigenvalue weighted by molar-refractivity contribution is -0.145. The van der Waals surface area contributed by atoms with Gasteiger partial charge < -0.3 is 10.1 Å². The maximum absolute atomic E-state index is 13.2. The van der Waals surface area contributed by atoms with Crippen molar-refractivity contribution < 1.29 is 18.7 Å². The van der Waals surface area contributed by atoms with Crippen molar-refractivity contribution in [3.8, 4) is 0 Å². The number of carbonyl (C=O) groups excluding carboxylic acids is 2. The molecule has 1 aromatic heterocycles. The van der Waals surface area contributed by atoms with E-state index in [0.717, 1.165) is 5.56 Å². The number of carbonyl (C=O) groups is 2. The predicted molar refractivity (Wildman–Crippen MR) is 111 cm³/mol. The number of aromatic nitrogens is 2. The minimum absolute atomic E-state index is 0.121. The number of nitrogens with zero attached hydrogens (tertiary/aromatic N) is 2. The summed E-state index contributed by atoms with van der Waals surface area (Å²) in [6.45, 7) is 13.4. The van der Waals surface area contributed by atoms with E-state index in [4.69, 9.17) is 4.74 Å². The van der Waals surface area contributed by atoms with Crippen LogP contribution in [0.3, 0.4) is 0 Å². The Hall–Kier alpha value is -3.22. The zero-order chi connectivity index (χ0) is 21.8. The van der Waals surface area contributed by atoms with Crippen molar-refractivity contribution in [3.05, 3.63) is 65.8 Å². The number of methoxy groups -OCH3 is 1. The lowest BCUT2D eigenvalue weighted by Crippen LogP contribution is -2.49. The molecule has 0 radical (unpaired) electrons. The summed E-state index contributed by atoms with van der Waals surface area (Å²) in [6, 6.07) is 5.15. The molecule has 1 aromatic carbocycles. The van der Waals surface area contributed by atoms with Crippen molar-refractivity contribution in [2.45, 2.75) is 33.4 Å². The van der Waals surface area contributed by atoms with Crippen molar-refractivity contribution in [2.24, 2.45) is 5.41 Å². The second kappa shape index (κ2) is 8.86. The van der Waals surface area contributed by atoms with E-state index in [1.54, 1.807) is 22.9 Å². The van der Waals surface area contributed by atoms with Crippen LogP contribution in [-0.2, 0) is 16.1 Å². The van der Waals surface area contributed by atoms with Crippen molar-refractivity contribution in [3.63, 3.8) is 0 Å². The second-order valence-electron chi connectivity index (χ2n) is 7.64. The fourth-order valence-electron chi connectivity index (χ4n) is 2.90. The van der Waals surface area contributed by atoms with Gasteiger partial charge in [-0.3, -0.25) is 9.48 Å². The summed E-state index contributed by atoms with van der Waals surface area (Å²) >= 11 is 0. The Morgan fingerprint density at radius 2 is 1.86 bits per heavy atom. The van der Waals surface area contributed by atoms with Crippen LogP contribution in [-0.4, -0.2) is 34.8 Å². The van der Waals surface area contributed by atoms with Crippen LogP contribution >= 0.6 is 0 Å². The predicted octanol–water partition coefficient (Wildman–Crippen LogP) is 3.67. The first-order chi connectivity index (χ1) is 13.6. The molecule has 1 amide bonds. The highest BCUT2D eigenvalue weighted by Gasteiger charge is 2.35. The molecule has 29 heavy (non-hydrogen) atoms. The normalized spacial score (nSPS) is 12.2. The van der Waals surface area contributed by atoms with E-state index in [9.17, 15) is 14.0 Å². The first-order valence-corrected chi connectivity index (χ1v) is 9.11. The highest BCUT2D eigenvalue weighted by atomic mass is 19.1. The number of halogens is 1. The van der Waals surface area contributed by atoms with Crippen LogP contribution < -0.4 is 5.32 Å². The van der Waals surface area contributed by atoms with Gasteiger partial charge in [0, 0.05) is 5.56 Å². The van der Waals surface area contributed by atoms with Crippen LogP contribution in [0.1, 0.15) is 48.1 Å². The molecule has 0 saturated heterocycles. The highest BCUT2D eigenvalue weighted by molar-refractivity contribution is 5.99. The lowest BCUT2D eigenvalue weighted by Gasteiger charge is -2.28. The van der Waals surface area contributed by atoms with Crippen LogP contribution in [0.15, 0.2) is 37.4 Å². The molecule has 2 rings (SSSR count). The molecule has 0 aliphatic rings. The van der Waals surface area contributed by atoms with Crippen LogP contribution in [0.25, 0.3) is 12.2 Å². The molecule has 1 unspecified atom stereocenters. The van der Waals surface area contributed by atoms with Crippen LogP contribution in [0.2, 0.25) is 0 Å². The lowest BCUT2D eigenvalue weighted by atomic mass is 9.86. The second-order valence-corrected chi connectivity index (χ2v) is 7.64. The topological polar surface area (TPSA) is 73.2 Å². The van der Waals surface area contributed by atoms with Crippen molar-refractivity contribution >= 4 is 24.0 Å². The molecule has 1 atom stereocenters. The number of rotatable bonds is 7. The minimum atomic E-state index is -0.855. The molecule has 7 heteroatoms. The van der Waals surface area contributed by atoms with Gasteiger partial charge >= 0.3 is 5.97 Å². The molecule has 1 N–H and O–H groups in total. The van der Waals surface area contributed by atoms with E-state index in [0.29, 0.717) is 17.8 Å². The van der Waals surface area contributed by atoms with Crippen LogP contribution in [0, 0.1) is 11.2 Å². The van der Waals surface area contributed by atoms with Crippen molar-refractivity contribution in [1.82, 2.24) is 15.1 Å². The number of ether oxygens (including phenoxy) is 1. The Morgan fingerprint density at radius 3 is 2.34 bits per heavy atom. The van der Waals surface area contributed by atoms with Gasteiger partial charge in [0.25, 0.3) is 5.91 Å². The third-order valence-corrected chi connectivity index (χ3v) is 4.47. The molecule has 0 saturated carbocycles. The van der Waals surface area contributed by atoms with E-state index in [1.807, 2.05) is 20.8 Å². The third-order valence-electron chi connectivity index (χ3n) is 4.47. The highest BCUT2D eigenvalue weighted by Crippen LogP contribution is 2.23. The molecule has 2 aromatic rings. The van der Waals surface area contributed by atoms with E-state index in [-0.39, 0.29) is 11.5 Å². The van der Waals surface area contributed by atoms with Gasteiger partial charge in [0.05, 0.1) is 19.3 Å². The van der Waals surface area contributed by atoms with E-state index < -0.39 is 23.3 Å². The first kappa shape index (κ1) is 22.1. The summed E-state index contributed by atoms with van der Waals surface area (Å²) < 4.78 is 19.6. The summed E-state index contributed by atoms with van der Waals surface area (Å²) in [4.78, 5) is 25.1. The SMILES string of the molecule is C=Cc1c(C(=O)NC(C(=O)OC)C(C)(C)C)nn(Cc2ccc(F)cc2)c1C=C. The molecule has 0 bridgehead atoms. The Balaban J connectivity index is 2.41. The van der Waals surface area contributed by atoms with Crippen LogP contribution in [0.5, 0.6) is 0 Å². The Labute approximate surface area is 170 Å². The van der Waals surface area contributed by atoms with E-state index in [2.05, 4.69) is 23.6 Å². The van der Waals surface area contributed by atoms with E-state index >= 15 is 0 Å². The standard InChI is InChI=1S/C22H26FN3O3/c1-7-16-17(8-2)26(13-14-9-11-15(23)12-10-14)25-18(16)20(27)24-19(21(28)29-6)22(3,4)5/h7-12,19H,1-2,13H2,3-6H3,(H,24,27). The molecule has 1 heterocycles. The smallest absolute Gasteiger partial charge is 0.328 e. The molecule has 6 nitrogen and oxygen atoms in total. The maximum Gasteiger partial charge on any atom is 0.328 e. The quantitative estimate of drug-likeness (QED) is 0.721. The van der Waals surface area contributed by atoms with Gasteiger partial charge in [-0.25, -0.2) is 9.18 Å². The summed E-state index contributed by atoms with van der Waals surface area (Å²) in [6.07, 6.45) is 3.09. The summed E-state index contributed by atoms with van der Waals surface area (Å²) in [5.41, 5.74) is 1.46. The van der Waals surface area contributed by atoms with Crippen molar-refractivity contribution in [2.75, 3.05) is 7.11 Å². The Morgan fingerprint density at radius 1 is 1.24 bits per heavy atom. The number of amides is 1. The number of nitrogens with one attached hydrogen (secondary N) is 1. The third kappa shape index (κ3) is 4.99. The van der Waals surface area contributed by atoms with Gasteiger partial charge in [0.15, 0.2) is 5.69 Å². The molecule has 0 aliphatic heterocycles. The molecule has 0 spiro atoms. The molecule has 0 fully saturated rings. The molecular formula is C22H26FN3O3. The fraction of sp³-hybridized carbons (Fsp3) is 0.318. The summed E-state index contributed by atoms with van der Waals surface area (Å²) in [5, 5.41) is 7.12. The Kier molecular flexibility index (Phi) is 6.74. The molecule has 0 aliphatic carbocycles. The number of hydrogen-bond acceptors (Lipinski definition) is 4. The molecule has 154 valence electrons. The fourth-order valence-corrected chi connectivity index (χ4v) is 2.90. The van der Waals surface area contributed by atoms with Gasteiger partial charge in [0.1, 0.15) is 11.9 Å². The zero-order valence-corrected chi connectivity index (χ0v) is 17.2. The van der Waals surface area contributed by atoms with Gasteiger partial charge in [-0.2, -0.15) is 5.10 Å². The van der Waals surface area contributed by atoms with Gasteiger partial charge in [0.2, 0.25) is 0 Å². The first-order valence-electron chi connectivity index (χ1n) is 9.11. The van der Waals surface area contributed by atoms with Gasteiger partial charge in [-0.15, -0.1) is 0 Å². The maximum atomic E-state index is 13.2. The van der Waals surface area contributed by atoms with Gasteiger partial charge in [-0.05, 0) is 29.2 Å². The number of hydrogen-bond donors (Lipinski definition) is 1. The summed E-state index contributed by atoms with van der Waals surface area (Å²) in [5.74, 6) is -1.40. The number of esters is 1. The monoisotopic (exact) mass is 399 g/mol. The largest absolute Gasteiger partial charge is 0.467 e. The minimum Gasteiger partial charge on any atom is -0.467 e.